The van der Waals surface area contributed by atoms with E-state index in [9.17, 15) is 9.18 Å². The average Bonchev–Trinajstić information content (AvgIpc) is 3.18. The van der Waals surface area contributed by atoms with Crippen molar-refractivity contribution in [3.8, 4) is 11.1 Å². The van der Waals surface area contributed by atoms with E-state index in [1.54, 1.807) is 30.6 Å². The summed E-state index contributed by atoms with van der Waals surface area (Å²) in [6.07, 6.45) is 5.35. The maximum atomic E-state index is 14.3. The molecule has 0 saturated carbocycles. The van der Waals surface area contributed by atoms with Crippen molar-refractivity contribution in [1.82, 2.24) is 20.1 Å². The third-order valence-corrected chi connectivity index (χ3v) is 4.93. The highest BCUT2D eigenvalue weighted by molar-refractivity contribution is 6.05. The number of H-pyrrole nitrogens is 1. The Morgan fingerprint density at radius 2 is 1.93 bits per heavy atom. The Morgan fingerprint density at radius 1 is 1.14 bits per heavy atom. The fraction of sp³-hybridized carbons (Fsp3) is 0.381. The van der Waals surface area contributed by atoms with Crippen molar-refractivity contribution >= 4 is 22.6 Å². The van der Waals surface area contributed by atoms with E-state index in [0.717, 1.165) is 32.5 Å². The Balaban J connectivity index is 1.76. The number of aromatic nitrogens is 3. The number of hydrogen-bond donors (Lipinski definition) is 2. The quantitative estimate of drug-likeness (QED) is 0.543. The van der Waals surface area contributed by atoms with Crippen LogP contribution in [0.1, 0.15) is 33.1 Å². The van der Waals surface area contributed by atoms with Gasteiger partial charge in [-0.25, -0.2) is 9.37 Å². The molecule has 0 fully saturated rings. The van der Waals surface area contributed by atoms with Gasteiger partial charge in [0.05, 0.1) is 17.3 Å². The Kier molecular flexibility index (Phi) is 6.71. The molecule has 0 aliphatic heterocycles. The number of carbonyl (C=O) groups excluding carboxylic acids is 1. The van der Waals surface area contributed by atoms with Gasteiger partial charge in [0.25, 0.3) is 0 Å². The number of benzene rings is 1. The zero-order chi connectivity index (χ0) is 19.9. The number of pyridine rings is 1. The van der Waals surface area contributed by atoms with Gasteiger partial charge in [-0.15, -0.1) is 0 Å². The number of fused-ring (bicyclic) bond motifs is 1. The first-order valence-corrected chi connectivity index (χ1v) is 9.73. The van der Waals surface area contributed by atoms with Gasteiger partial charge in [0, 0.05) is 23.7 Å². The van der Waals surface area contributed by atoms with Crippen molar-refractivity contribution in [3.05, 3.63) is 42.5 Å². The lowest BCUT2D eigenvalue weighted by Crippen LogP contribution is -2.24. The highest BCUT2D eigenvalue weighted by Crippen LogP contribution is 2.34. The Hall–Kier alpha value is -2.80. The molecule has 6 nitrogen and oxygen atoms in total. The van der Waals surface area contributed by atoms with Gasteiger partial charge in [-0.3, -0.25) is 9.89 Å². The van der Waals surface area contributed by atoms with Crippen LogP contribution in [0, 0.1) is 5.82 Å². The predicted molar refractivity (Wildman–Crippen MR) is 110 cm³/mol. The molecule has 0 spiro atoms. The second kappa shape index (κ2) is 9.41. The third-order valence-electron chi connectivity index (χ3n) is 4.93. The summed E-state index contributed by atoms with van der Waals surface area (Å²) in [6, 6.07) is 6.47. The van der Waals surface area contributed by atoms with Crippen LogP contribution in [0.25, 0.3) is 22.2 Å². The second-order valence-corrected chi connectivity index (χ2v) is 6.69. The number of hydrogen-bond acceptors (Lipinski definition) is 4. The monoisotopic (exact) mass is 383 g/mol. The van der Waals surface area contributed by atoms with Crippen molar-refractivity contribution in [2.24, 2.45) is 0 Å². The molecule has 2 aromatic heterocycles. The van der Waals surface area contributed by atoms with Crippen molar-refractivity contribution < 1.29 is 9.18 Å². The van der Waals surface area contributed by atoms with E-state index < -0.39 is 0 Å². The molecule has 2 N–H and O–H groups in total. The van der Waals surface area contributed by atoms with Gasteiger partial charge in [0.2, 0.25) is 5.91 Å². The highest BCUT2D eigenvalue weighted by Gasteiger charge is 2.17. The molecule has 2 heterocycles. The first-order valence-electron chi connectivity index (χ1n) is 9.73. The van der Waals surface area contributed by atoms with E-state index in [-0.39, 0.29) is 11.7 Å². The number of aromatic amines is 1. The number of carbonyl (C=O) groups is 1. The third kappa shape index (κ3) is 4.54. The fourth-order valence-corrected chi connectivity index (χ4v) is 3.28. The summed E-state index contributed by atoms with van der Waals surface area (Å²) in [5, 5.41) is 10.4. The first-order chi connectivity index (χ1) is 13.6. The Labute approximate surface area is 164 Å². The molecule has 0 radical (unpaired) electrons. The van der Waals surface area contributed by atoms with Crippen LogP contribution < -0.4 is 5.32 Å². The van der Waals surface area contributed by atoms with Gasteiger partial charge >= 0.3 is 0 Å². The molecule has 148 valence electrons. The van der Waals surface area contributed by atoms with E-state index in [2.05, 4.69) is 39.2 Å². The van der Waals surface area contributed by atoms with E-state index in [1.165, 1.54) is 6.07 Å². The van der Waals surface area contributed by atoms with Crippen molar-refractivity contribution in [2.75, 3.05) is 25.0 Å². The zero-order valence-electron chi connectivity index (χ0n) is 16.3. The van der Waals surface area contributed by atoms with Crippen LogP contribution in [-0.4, -0.2) is 45.6 Å². The normalized spacial score (nSPS) is 11.3. The molecule has 0 saturated heterocycles. The number of anilines is 1. The molecule has 0 atom stereocenters. The summed E-state index contributed by atoms with van der Waals surface area (Å²) in [5.74, 6) is -0.451. The minimum absolute atomic E-state index is 0.0918. The molecular formula is C21H26FN5O. The van der Waals surface area contributed by atoms with Crippen LogP contribution in [-0.2, 0) is 4.79 Å². The standard InChI is InChI=1S/C21H26FN5O/c1-3-27(4-2)12-8-7-11-19(28)25-20-16(15-9-5-6-10-18(15)22)13-23-21-17(20)14-24-26-21/h5-6,9-10,13-14H,3-4,7-8,11-12H2,1-2H3,(H2,23,24,25,26,28). The van der Waals surface area contributed by atoms with E-state index >= 15 is 0 Å². The minimum Gasteiger partial charge on any atom is -0.325 e. The van der Waals surface area contributed by atoms with Crippen LogP contribution in [0.15, 0.2) is 36.7 Å². The summed E-state index contributed by atoms with van der Waals surface area (Å²) in [4.78, 5) is 19.2. The number of nitrogens with one attached hydrogen (secondary N) is 2. The topological polar surface area (TPSA) is 73.9 Å². The largest absolute Gasteiger partial charge is 0.325 e. The van der Waals surface area contributed by atoms with Crippen molar-refractivity contribution in [1.29, 1.82) is 0 Å². The van der Waals surface area contributed by atoms with Gasteiger partial charge in [-0.05, 0) is 38.5 Å². The molecule has 0 bridgehead atoms. The molecule has 1 amide bonds. The maximum Gasteiger partial charge on any atom is 0.224 e. The van der Waals surface area contributed by atoms with E-state index in [1.807, 2.05) is 0 Å². The summed E-state index contributed by atoms with van der Waals surface area (Å²) in [6.45, 7) is 7.30. The highest BCUT2D eigenvalue weighted by atomic mass is 19.1. The van der Waals surface area contributed by atoms with Gasteiger partial charge in [-0.2, -0.15) is 5.10 Å². The summed E-state index contributed by atoms with van der Waals surface area (Å²) in [7, 11) is 0. The lowest BCUT2D eigenvalue weighted by atomic mass is 10.0. The molecule has 7 heteroatoms. The molecule has 0 unspecified atom stereocenters. The van der Waals surface area contributed by atoms with Gasteiger partial charge < -0.3 is 10.2 Å². The lowest BCUT2D eigenvalue weighted by molar-refractivity contribution is -0.116. The van der Waals surface area contributed by atoms with E-state index in [0.29, 0.717) is 34.3 Å². The maximum absolute atomic E-state index is 14.3. The van der Waals surface area contributed by atoms with Crippen LogP contribution in [0.4, 0.5) is 10.1 Å². The smallest absolute Gasteiger partial charge is 0.224 e. The molecule has 28 heavy (non-hydrogen) atoms. The molecule has 3 rings (SSSR count). The average molecular weight is 383 g/mol. The van der Waals surface area contributed by atoms with Gasteiger partial charge in [0.1, 0.15) is 5.82 Å². The summed E-state index contributed by atoms with van der Waals surface area (Å²) >= 11 is 0. The summed E-state index contributed by atoms with van der Waals surface area (Å²) < 4.78 is 14.3. The van der Waals surface area contributed by atoms with Crippen LogP contribution in [0.5, 0.6) is 0 Å². The van der Waals surface area contributed by atoms with Gasteiger partial charge in [-0.1, -0.05) is 32.0 Å². The minimum atomic E-state index is -0.359. The number of unbranched alkanes of at least 4 members (excludes halogenated alkanes) is 1. The van der Waals surface area contributed by atoms with Crippen LogP contribution in [0.2, 0.25) is 0 Å². The number of halogens is 1. The first kappa shape index (κ1) is 19.9. The summed E-state index contributed by atoms with van der Waals surface area (Å²) in [5.41, 5.74) is 2.04. The number of rotatable bonds is 9. The molecule has 3 aromatic rings. The van der Waals surface area contributed by atoms with Crippen molar-refractivity contribution in [2.45, 2.75) is 33.1 Å². The van der Waals surface area contributed by atoms with Gasteiger partial charge in [0.15, 0.2) is 5.65 Å². The van der Waals surface area contributed by atoms with E-state index in [4.69, 9.17) is 0 Å². The predicted octanol–water partition coefficient (Wildman–Crippen LogP) is 4.21. The molecule has 0 aliphatic carbocycles. The lowest BCUT2D eigenvalue weighted by Gasteiger charge is -2.17. The zero-order valence-corrected chi connectivity index (χ0v) is 16.3. The van der Waals surface area contributed by atoms with Crippen molar-refractivity contribution in [3.63, 3.8) is 0 Å². The van der Waals surface area contributed by atoms with Crippen LogP contribution in [0.3, 0.4) is 0 Å². The fourth-order valence-electron chi connectivity index (χ4n) is 3.28. The van der Waals surface area contributed by atoms with Crippen LogP contribution >= 0.6 is 0 Å². The molecule has 1 aromatic carbocycles. The number of amides is 1. The Bertz CT molecular complexity index is 935. The molecule has 0 aliphatic rings. The second-order valence-electron chi connectivity index (χ2n) is 6.69. The number of nitrogens with zero attached hydrogens (tertiary/aromatic N) is 3. The Morgan fingerprint density at radius 3 is 2.68 bits per heavy atom. The molecular weight excluding hydrogens is 357 g/mol. The SMILES string of the molecule is CCN(CC)CCCCC(=O)Nc1c(-c2ccccc2F)cnc2[nH]ncc12.